The Morgan fingerprint density at radius 1 is 1.32 bits per heavy atom. The van der Waals surface area contributed by atoms with E-state index in [-0.39, 0.29) is 5.82 Å². The molecule has 0 radical (unpaired) electrons. The summed E-state index contributed by atoms with van der Waals surface area (Å²) in [5, 5.41) is 3.19. The van der Waals surface area contributed by atoms with Crippen molar-refractivity contribution in [2.24, 2.45) is 4.99 Å². The molecule has 1 saturated heterocycles. The number of nitrogens with zero attached hydrogens (tertiary/aromatic N) is 2. The molecule has 1 aliphatic rings. The second-order valence-corrected chi connectivity index (χ2v) is 4.65. The summed E-state index contributed by atoms with van der Waals surface area (Å²) in [6.45, 7) is 2.56. The lowest BCUT2D eigenvalue weighted by atomic mass is 10.1. The van der Waals surface area contributed by atoms with Crippen LogP contribution in [0, 0.1) is 11.6 Å². The van der Waals surface area contributed by atoms with Crippen LogP contribution in [0.5, 0.6) is 0 Å². The first-order valence-electron chi connectivity index (χ1n) is 6.60. The van der Waals surface area contributed by atoms with Crippen LogP contribution in [0.1, 0.15) is 18.4 Å². The predicted octanol–water partition coefficient (Wildman–Crippen LogP) is 2.18. The van der Waals surface area contributed by atoms with E-state index < -0.39 is 5.82 Å². The molecule has 3 nitrogen and oxygen atoms in total. The molecule has 0 spiro atoms. The molecule has 1 aliphatic heterocycles. The summed E-state index contributed by atoms with van der Waals surface area (Å²) in [6.07, 6.45) is 2.80. The fourth-order valence-corrected chi connectivity index (χ4v) is 2.31. The molecule has 19 heavy (non-hydrogen) atoms. The summed E-state index contributed by atoms with van der Waals surface area (Å²) in [7, 11) is 1.74. The largest absolute Gasteiger partial charge is 0.356 e. The van der Waals surface area contributed by atoms with E-state index in [4.69, 9.17) is 0 Å². The Morgan fingerprint density at radius 3 is 2.74 bits per heavy atom. The highest BCUT2D eigenvalue weighted by Gasteiger charge is 2.15. The topological polar surface area (TPSA) is 27.6 Å². The van der Waals surface area contributed by atoms with Crippen molar-refractivity contribution in [3.63, 3.8) is 0 Å². The minimum Gasteiger partial charge on any atom is -0.356 e. The number of halogens is 2. The molecule has 1 heterocycles. The number of rotatable bonds is 3. The number of benzene rings is 1. The van der Waals surface area contributed by atoms with E-state index in [1.54, 1.807) is 7.05 Å². The van der Waals surface area contributed by atoms with E-state index in [1.807, 2.05) is 0 Å². The molecule has 5 heteroatoms. The Kier molecular flexibility index (Phi) is 4.71. The van der Waals surface area contributed by atoms with Gasteiger partial charge in [-0.3, -0.25) is 4.99 Å². The molecular weight excluding hydrogens is 248 g/mol. The van der Waals surface area contributed by atoms with Crippen molar-refractivity contribution in [2.45, 2.75) is 19.3 Å². The van der Waals surface area contributed by atoms with E-state index in [9.17, 15) is 8.78 Å². The molecular formula is C14H19F2N3. The minimum atomic E-state index is -0.402. The maximum atomic E-state index is 13.4. The highest BCUT2D eigenvalue weighted by molar-refractivity contribution is 5.80. The van der Waals surface area contributed by atoms with E-state index in [0.29, 0.717) is 18.5 Å². The molecule has 2 rings (SSSR count). The third kappa shape index (κ3) is 3.66. The van der Waals surface area contributed by atoms with Crippen molar-refractivity contribution in [1.82, 2.24) is 10.2 Å². The lowest BCUT2D eigenvalue weighted by Gasteiger charge is -2.20. The van der Waals surface area contributed by atoms with Gasteiger partial charge in [0.25, 0.3) is 0 Å². The molecule has 1 fully saturated rings. The van der Waals surface area contributed by atoms with Crippen LogP contribution in [0.15, 0.2) is 23.2 Å². The van der Waals surface area contributed by atoms with Gasteiger partial charge >= 0.3 is 0 Å². The molecule has 0 aliphatic carbocycles. The van der Waals surface area contributed by atoms with Gasteiger partial charge in [0.2, 0.25) is 0 Å². The van der Waals surface area contributed by atoms with Crippen LogP contribution >= 0.6 is 0 Å². The SMILES string of the molecule is CN=C(NCCc1cc(F)ccc1F)N1CCCC1. The molecule has 1 aromatic carbocycles. The number of hydrogen-bond donors (Lipinski definition) is 1. The number of aliphatic imine (C=N–C) groups is 1. The number of likely N-dealkylation sites (tertiary alicyclic amines) is 1. The van der Waals surface area contributed by atoms with Gasteiger partial charge in [-0.2, -0.15) is 0 Å². The van der Waals surface area contributed by atoms with Gasteiger partial charge in [-0.05, 0) is 43.0 Å². The fraction of sp³-hybridized carbons (Fsp3) is 0.500. The van der Waals surface area contributed by atoms with Crippen molar-refractivity contribution >= 4 is 5.96 Å². The molecule has 0 saturated carbocycles. The Bertz CT molecular complexity index is 454. The maximum Gasteiger partial charge on any atom is 0.193 e. The maximum absolute atomic E-state index is 13.4. The van der Waals surface area contributed by atoms with Crippen LogP contribution in [0.2, 0.25) is 0 Å². The first kappa shape index (κ1) is 13.8. The molecule has 0 amide bonds. The van der Waals surface area contributed by atoms with Gasteiger partial charge in [0.05, 0.1) is 0 Å². The molecule has 1 N–H and O–H groups in total. The smallest absolute Gasteiger partial charge is 0.193 e. The first-order chi connectivity index (χ1) is 9.20. The molecule has 1 aromatic rings. The Balaban J connectivity index is 1.86. The quantitative estimate of drug-likeness (QED) is 0.671. The van der Waals surface area contributed by atoms with Gasteiger partial charge in [0.1, 0.15) is 11.6 Å². The van der Waals surface area contributed by atoms with Crippen molar-refractivity contribution in [2.75, 3.05) is 26.7 Å². The third-order valence-corrected chi connectivity index (χ3v) is 3.30. The number of hydrogen-bond acceptors (Lipinski definition) is 1. The van der Waals surface area contributed by atoms with Crippen molar-refractivity contribution in [3.8, 4) is 0 Å². The van der Waals surface area contributed by atoms with Crippen molar-refractivity contribution < 1.29 is 8.78 Å². The zero-order valence-electron chi connectivity index (χ0n) is 11.1. The van der Waals surface area contributed by atoms with Gasteiger partial charge in [0.15, 0.2) is 5.96 Å². The highest BCUT2D eigenvalue weighted by atomic mass is 19.1. The van der Waals surface area contributed by atoms with Gasteiger partial charge in [-0.25, -0.2) is 8.78 Å². The monoisotopic (exact) mass is 267 g/mol. The summed E-state index contributed by atoms with van der Waals surface area (Å²) in [6, 6.07) is 3.55. The van der Waals surface area contributed by atoms with Crippen LogP contribution in [-0.4, -0.2) is 37.5 Å². The van der Waals surface area contributed by atoms with Gasteiger partial charge in [-0.1, -0.05) is 0 Å². The van der Waals surface area contributed by atoms with Crippen molar-refractivity contribution in [1.29, 1.82) is 0 Å². The third-order valence-electron chi connectivity index (χ3n) is 3.30. The number of guanidine groups is 1. The lowest BCUT2D eigenvalue weighted by molar-refractivity contribution is 0.493. The molecule has 0 aromatic heterocycles. The van der Waals surface area contributed by atoms with Crippen LogP contribution in [0.25, 0.3) is 0 Å². The van der Waals surface area contributed by atoms with E-state index in [2.05, 4.69) is 15.2 Å². The summed E-state index contributed by atoms with van der Waals surface area (Å²) in [5.41, 5.74) is 0.393. The first-order valence-corrected chi connectivity index (χ1v) is 6.60. The Morgan fingerprint density at radius 2 is 2.05 bits per heavy atom. The van der Waals surface area contributed by atoms with Crippen LogP contribution in [-0.2, 0) is 6.42 Å². The van der Waals surface area contributed by atoms with Crippen molar-refractivity contribution in [3.05, 3.63) is 35.4 Å². The summed E-state index contributed by atoms with van der Waals surface area (Å²) in [5.74, 6) is 0.0778. The summed E-state index contributed by atoms with van der Waals surface area (Å²) < 4.78 is 26.5. The van der Waals surface area contributed by atoms with Gasteiger partial charge in [0, 0.05) is 26.7 Å². The fourth-order valence-electron chi connectivity index (χ4n) is 2.31. The van der Waals surface area contributed by atoms with E-state index in [1.165, 1.54) is 25.0 Å². The summed E-state index contributed by atoms with van der Waals surface area (Å²) >= 11 is 0. The Hall–Kier alpha value is -1.65. The van der Waals surface area contributed by atoms with Crippen LogP contribution < -0.4 is 5.32 Å². The minimum absolute atomic E-state index is 0.362. The van der Waals surface area contributed by atoms with E-state index >= 15 is 0 Å². The molecule has 104 valence electrons. The van der Waals surface area contributed by atoms with Gasteiger partial charge < -0.3 is 10.2 Å². The molecule has 0 unspecified atom stereocenters. The summed E-state index contributed by atoms with van der Waals surface area (Å²) in [4.78, 5) is 6.39. The molecule has 0 atom stereocenters. The second kappa shape index (κ2) is 6.50. The second-order valence-electron chi connectivity index (χ2n) is 4.65. The van der Waals surface area contributed by atoms with Crippen LogP contribution in [0.4, 0.5) is 8.78 Å². The van der Waals surface area contributed by atoms with E-state index in [0.717, 1.165) is 25.1 Å². The highest BCUT2D eigenvalue weighted by Crippen LogP contribution is 2.10. The standard InChI is InChI=1S/C14H19F2N3/c1-17-14(19-8-2-3-9-19)18-7-6-11-10-12(15)4-5-13(11)16/h4-5,10H,2-3,6-9H2,1H3,(H,17,18). The lowest BCUT2D eigenvalue weighted by Crippen LogP contribution is -2.40. The zero-order valence-corrected chi connectivity index (χ0v) is 11.1. The average Bonchev–Trinajstić information content (AvgIpc) is 2.92. The predicted molar refractivity (Wildman–Crippen MR) is 72.2 cm³/mol. The number of nitrogens with one attached hydrogen (secondary N) is 1. The van der Waals surface area contributed by atoms with Gasteiger partial charge in [-0.15, -0.1) is 0 Å². The van der Waals surface area contributed by atoms with Crippen LogP contribution in [0.3, 0.4) is 0 Å². The normalized spacial score (nSPS) is 15.9. The molecule has 0 bridgehead atoms. The average molecular weight is 267 g/mol. The zero-order chi connectivity index (χ0) is 13.7. The Labute approximate surface area is 112 Å².